The lowest BCUT2D eigenvalue weighted by atomic mass is 10.3. The third-order valence-corrected chi connectivity index (χ3v) is 4.49. The number of anilines is 1. The first-order valence-corrected chi connectivity index (χ1v) is 7.85. The van der Waals surface area contributed by atoms with Crippen molar-refractivity contribution in [2.24, 2.45) is 0 Å². The zero-order valence-corrected chi connectivity index (χ0v) is 13.2. The van der Waals surface area contributed by atoms with Crippen molar-refractivity contribution in [3.63, 3.8) is 0 Å². The molecule has 0 saturated carbocycles. The first kappa shape index (κ1) is 14.4. The number of rotatable bonds is 6. The van der Waals surface area contributed by atoms with E-state index in [0.29, 0.717) is 0 Å². The van der Waals surface area contributed by atoms with Crippen molar-refractivity contribution in [2.75, 3.05) is 11.9 Å². The second-order valence-corrected chi connectivity index (χ2v) is 6.46. The summed E-state index contributed by atoms with van der Waals surface area (Å²) in [5.41, 5.74) is 1.04. The van der Waals surface area contributed by atoms with Gasteiger partial charge in [-0.05, 0) is 32.4 Å². The minimum absolute atomic E-state index is 0.253. The summed E-state index contributed by atoms with van der Waals surface area (Å²) in [5, 5.41) is 3.42. The number of imidazole rings is 1. The molecular formula is C14H20ClN3S. The molecule has 0 saturated heterocycles. The van der Waals surface area contributed by atoms with Crippen molar-refractivity contribution in [2.45, 2.75) is 39.7 Å². The number of hydrogen-bond donors (Lipinski definition) is 1. The van der Waals surface area contributed by atoms with E-state index in [9.17, 15) is 0 Å². The van der Waals surface area contributed by atoms with Crippen LogP contribution >= 0.6 is 22.9 Å². The van der Waals surface area contributed by atoms with Crippen LogP contribution in [-0.4, -0.2) is 16.1 Å². The molecule has 5 heteroatoms. The van der Waals surface area contributed by atoms with E-state index in [2.05, 4.69) is 41.0 Å². The van der Waals surface area contributed by atoms with Crippen LogP contribution in [0.5, 0.6) is 0 Å². The van der Waals surface area contributed by atoms with E-state index in [1.807, 2.05) is 13.0 Å². The molecule has 0 radical (unpaired) electrons. The van der Waals surface area contributed by atoms with Gasteiger partial charge in [0, 0.05) is 17.6 Å². The minimum Gasteiger partial charge on any atom is -0.356 e. The normalized spacial score (nSPS) is 12.6. The molecule has 0 aliphatic carbocycles. The summed E-state index contributed by atoms with van der Waals surface area (Å²) in [7, 11) is 0. The maximum atomic E-state index is 6.02. The number of unbranched alkanes of at least 4 members (excludes halogenated alkanes) is 1. The summed E-state index contributed by atoms with van der Waals surface area (Å²) in [6, 6.07) is 4.29. The summed E-state index contributed by atoms with van der Waals surface area (Å²) >= 11 is 7.64. The quantitative estimate of drug-likeness (QED) is 0.781. The first-order chi connectivity index (χ1) is 9.11. The Hall–Kier alpha value is -1.000. The van der Waals surface area contributed by atoms with Crippen molar-refractivity contribution < 1.29 is 0 Å². The number of hydrogen-bond acceptors (Lipinski definition) is 3. The van der Waals surface area contributed by atoms with Gasteiger partial charge >= 0.3 is 0 Å². The lowest BCUT2D eigenvalue weighted by Gasteiger charge is -2.15. The smallest absolute Gasteiger partial charge is 0.203 e. The van der Waals surface area contributed by atoms with Crippen LogP contribution in [-0.2, 0) is 0 Å². The predicted octanol–water partition coefficient (Wildman–Crippen LogP) is 4.73. The van der Waals surface area contributed by atoms with Gasteiger partial charge in [-0.2, -0.15) is 0 Å². The summed E-state index contributed by atoms with van der Waals surface area (Å²) in [4.78, 5) is 5.81. The molecule has 19 heavy (non-hydrogen) atoms. The van der Waals surface area contributed by atoms with Crippen molar-refractivity contribution in [3.05, 3.63) is 33.2 Å². The molecule has 0 fully saturated rings. The summed E-state index contributed by atoms with van der Waals surface area (Å²) in [6.07, 6.45) is 4.43. The first-order valence-electron chi connectivity index (χ1n) is 6.66. The average Bonchev–Trinajstić information content (AvgIpc) is 2.95. The Morgan fingerprint density at radius 3 is 2.89 bits per heavy atom. The van der Waals surface area contributed by atoms with Gasteiger partial charge in [-0.25, -0.2) is 4.98 Å². The number of nitrogens with zero attached hydrogens (tertiary/aromatic N) is 2. The van der Waals surface area contributed by atoms with Crippen molar-refractivity contribution in [3.8, 4) is 0 Å². The Balaban J connectivity index is 2.18. The number of aromatic nitrogens is 2. The average molecular weight is 298 g/mol. The number of halogens is 1. The highest BCUT2D eigenvalue weighted by Crippen LogP contribution is 2.31. The molecule has 3 nitrogen and oxygen atoms in total. The molecule has 2 heterocycles. The van der Waals surface area contributed by atoms with E-state index in [0.717, 1.165) is 28.9 Å². The van der Waals surface area contributed by atoms with Gasteiger partial charge in [-0.1, -0.05) is 24.9 Å². The van der Waals surface area contributed by atoms with Crippen LogP contribution in [0.25, 0.3) is 0 Å². The molecule has 0 amide bonds. The van der Waals surface area contributed by atoms with Crippen LogP contribution in [0.2, 0.25) is 4.34 Å². The summed E-state index contributed by atoms with van der Waals surface area (Å²) in [5.74, 6) is 0.947. The van der Waals surface area contributed by atoms with E-state index >= 15 is 0 Å². The largest absolute Gasteiger partial charge is 0.356 e. The predicted molar refractivity (Wildman–Crippen MR) is 83.5 cm³/mol. The highest BCUT2D eigenvalue weighted by atomic mass is 35.5. The summed E-state index contributed by atoms with van der Waals surface area (Å²) in [6.45, 7) is 7.35. The molecule has 0 aromatic carbocycles. The van der Waals surface area contributed by atoms with E-state index in [1.165, 1.54) is 11.3 Å². The molecular weight excluding hydrogens is 278 g/mol. The Morgan fingerprint density at radius 1 is 1.47 bits per heavy atom. The van der Waals surface area contributed by atoms with Crippen molar-refractivity contribution in [1.82, 2.24) is 9.55 Å². The third kappa shape index (κ3) is 3.51. The fourth-order valence-electron chi connectivity index (χ4n) is 2.01. The van der Waals surface area contributed by atoms with Gasteiger partial charge in [0.2, 0.25) is 5.95 Å². The zero-order valence-electron chi connectivity index (χ0n) is 11.6. The fourth-order valence-corrected chi connectivity index (χ4v) is 3.12. The fraction of sp³-hybridized carbons (Fsp3) is 0.500. The Labute approximate surface area is 123 Å². The second kappa shape index (κ2) is 6.44. The van der Waals surface area contributed by atoms with Gasteiger partial charge in [0.15, 0.2) is 0 Å². The molecule has 0 bridgehead atoms. The molecule has 1 atom stereocenters. The van der Waals surface area contributed by atoms with Crippen LogP contribution < -0.4 is 5.32 Å². The van der Waals surface area contributed by atoms with Crippen LogP contribution in [0, 0.1) is 6.92 Å². The minimum atomic E-state index is 0.253. The molecule has 2 aromatic heterocycles. The van der Waals surface area contributed by atoms with Gasteiger partial charge in [-0.15, -0.1) is 11.3 Å². The highest BCUT2D eigenvalue weighted by molar-refractivity contribution is 7.16. The van der Waals surface area contributed by atoms with E-state index in [1.54, 1.807) is 11.3 Å². The topological polar surface area (TPSA) is 29.9 Å². The highest BCUT2D eigenvalue weighted by Gasteiger charge is 2.15. The molecule has 104 valence electrons. The zero-order chi connectivity index (χ0) is 13.8. The molecule has 1 N–H and O–H groups in total. The molecule has 1 unspecified atom stereocenters. The van der Waals surface area contributed by atoms with Crippen LogP contribution in [0.3, 0.4) is 0 Å². The SMILES string of the molecule is CCCCNc1nc(C)cn1C(C)c1ccc(Cl)s1. The van der Waals surface area contributed by atoms with Gasteiger partial charge in [-0.3, -0.25) is 0 Å². The number of nitrogens with one attached hydrogen (secondary N) is 1. The van der Waals surface area contributed by atoms with Gasteiger partial charge in [0.25, 0.3) is 0 Å². The standard InChI is InChI=1S/C14H20ClN3S/c1-4-5-8-16-14-17-10(2)9-18(14)11(3)12-6-7-13(15)19-12/h6-7,9,11H,4-5,8H2,1-3H3,(H,16,17). The maximum Gasteiger partial charge on any atom is 0.203 e. The van der Waals surface area contributed by atoms with E-state index in [4.69, 9.17) is 11.6 Å². The lowest BCUT2D eigenvalue weighted by molar-refractivity contribution is 0.651. The van der Waals surface area contributed by atoms with Crippen LogP contribution in [0.4, 0.5) is 5.95 Å². The van der Waals surface area contributed by atoms with E-state index in [-0.39, 0.29) is 6.04 Å². The van der Waals surface area contributed by atoms with Crippen LogP contribution in [0.1, 0.15) is 43.3 Å². The third-order valence-electron chi connectivity index (χ3n) is 3.09. The number of thiophene rings is 1. The van der Waals surface area contributed by atoms with E-state index < -0.39 is 0 Å². The second-order valence-electron chi connectivity index (χ2n) is 4.71. The lowest BCUT2D eigenvalue weighted by Crippen LogP contribution is -2.11. The monoisotopic (exact) mass is 297 g/mol. The van der Waals surface area contributed by atoms with Crippen LogP contribution in [0.15, 0.2) is 18.3 Å². The Morgan fingerprint density at radius 2 is 2.26 bits per heavy atom. The molecule has 0 spiro atoms. The number of aryl methyl sites for hydroxylation is 1. The van der Waals surface area contributed by atoms with Gasteiger partial charge < -0.3 is 9.88 Å². The Kier molecular flexibility index (Phi) is 4.88. The van der Waals surface area contributed by atoms with Gasteiger partial charge in [0.05, 0.1) is 16.1 Å². The van der Waals surface area contributed by atoms with Crippen molar-refractivity contribution >= 4 is 28.9 Å². The van der Waals surface area contributed by atoms with Gasteiger partial charge in [0.1, 0.15) is 0 Å². The molecule has 0 aliphatic heterocycles. The molecule has 2 aromatic rings. The molecule has 2 rings (SSSR count). The van der Waals surface area contributed by atoms with Crippen molar-refractivity contribution in [1.29, 1.82) is 0 Å². The molecule has 0 aliphatic rings. The maximum absolute atomic E-state index is 6.02. The summed E-state index contributed by atoms with van der Waals surface area (Å²) < 4.78 is 3.02. The Bertz CT molecular complexity index is 533.